The summed E-state index contributed by atoms with van der Waals surface area (Å²) in [6.45, 7) is 0. The number of nitrogens with zero attached hydrogens (tertiary/aromatic N) is 2. The van der Waals surface area contributed by atoms with Gasteiger partial charge in [0.2, 0.25) is 0 Å². The highest BCUT2D eigenvalue weighted by molar-refractivity contribution is 9.10. The Balaban J connectivity index is 2.13. The molecule has 2 heterocycles. The van der Waals surface area contributed by atoms with Crippen LogP contribution in [-0.4, -0.2) is 4.98 Å². The van der Waals surface area contributed by atoms with Crippen LogP contribution in [0.4, 0.5) is 0 Å². The highest BCUT2D eigenvalue weighted by Gasteiger charge is 2.09. The van der Waals surface area contributed by atoms with Crippen molar-refractivity contribution in [2.24, 2.45) is 0 Å². The minimum atomic E-state index is 0.700. The summed E-state index contributed by atoms with van der Waals surface area (Å²) in [6, 6.07) is 13.8. The molecule has 18 heavy (non-hydrogen) atoms. The lowest BCUT2D eigenvalue weighted by molar-refractivity contribution is -0.514. The van der Waals surface area contributed by atoms with Gasteiger partial charge in [-0.05, 0) is 35.3 Å². The predicted molar refractivity (Wildman–Crippen MR) is 75.5 cm³/mol. The Bertz CT molecular complexity index is 711. The molecule has 2 nitrogen and oxygen atoms in total. The van der Waals surface area contributed by atoms with Gasteiger partial charge in [-0.15, -0.1) is 0 Å². The third-order valence-corrected chi connectivity index (χ3v) is 3.44. The van der Waals surface area contributed by atoms with E-state index in [1.54, 1.807) is 0 Å². The Morgan fingerprint density at radius 2 is 1.78 bits per heavy atom. The standard InChI is InChI=1S/C14H9BrClN2/c15-11-3-1-10(2-4-11)13-7-8-18-9-12(16)5-6-14(18)17-13/h1-9H/q+1. The number of benzene rings is 1. The van der Waals surface area contributed by atoms with Crippen molar-refractivity contribution in [2.45, 2.75) is 0 Å². The van der Waals surface area contributed by atoms with Crippen LogP contribution in [0.2, 0.25) is 5.02 Å². The summed E-state index contributed by atoms with van der Waals surface area (Å²) in [5.41, 5.74) is 2.92. The van der Waals surface area contributed by atoms with Crippen LogP contribution >= 0.6 is 27.5 Å². The van der Waals surface area contributed by atoms with Crippen molar-refractivity contribution in [3.63, 3.8) is 0 Å². The zero-order chi connectivity index (χ0) is 12.5. The predicted octanol–water partition coefficient (Wildman–Crippen LogP) is 3.90. The first-order valence-electron chi connectivity index (χ1n) is 5.46. The van der Waals surface area contributed by atoms with E-state index >= 15 is 0 Å². The van der Waals surface area contributed by atoms with Gasteiger partial charge >= 0.3 is 5.65 Å². The number of fused-ring (bicyclic) bond motifs is 1. The number of halogens is 2. The molecule has 0 aliphatic heterocycles. The SMILES string of the molecule is Clc1ccc2nc(-c3ccc(Br)cc3)cc[n+]2c1. The molecule has 0 aliphatic rings. The molecule has 4 heteroatoms. The first-order valence-corrected chi connectivity index (χ1v) is 6.63. The van der Waals surface area contributed by atoms with E-state index in [1.165, 1.54) is 0 Å². The summed E-state index contributed by atoms with van der Waals surface area (Å²) in [7, 11) is 0. The fourth-order valence-electron chi connectivity index (χ4n) is 1.79. The van der Waals surface area contributed by atoms with Gasteiger partial charge < -0.3 is 0 Å². The van der Waals surface area contributed by atoms with Gasteiger partial charge in [0.25, 0.3) is 0 Å². The zero-order valence-corrected chi connectivity index (χ0v) is 11.7. The van der Waals surface area contributed by atoms with Crippen LogP contribution < -0.4 is 4.40 Å². The fourth-order valence-corrected chi connectivity index (χ4v) is 2.22. The molecule has 0 saturated carbocycles. The molecule has 0 spiro atoms. The van der Waals surface area contributed by atoms with E-state index in [2.05, 4.69) is 20.9 Å². The molecule has 0 amide bonds. The topological polar surface area (TPSA) is 17.0 Å². The molecule has 0 fully saturated rings. The molecule has 0 N–H and O–H groups in total. The summed E-state index contributed by atoms with van der Waals surface area (Å²) in [5, 5.41) is 0.700. The molecule has 0 bridgehead atoms. The monoisotopic (exact) mass is 319 g/mol. The number of aromatic nitrogens is 2. The number of hydrogen-bond donors (Lipinski definition) is 0. The van der Waals surface area contributed by atoms with Crippen molar-refractivity contribution in [3.05, 3.63) is 64.4 Å². The van der Waals surface area contributed by atoms with Crippen LogP contribution in [0.25, 0.3) is 16.9 Å². The van der Waals surface area contributed by atoms with Crippen molar-refractivity contribution >= 4 is 33.2 Å². The second kappa shape index (κ2) is 4.67. The lowest BCUT2D eigenvalue weighted by atomic mass is 10.1. The van der Waals surface area contributed by atoms with Gasteiger partial charge in [-0.2, -0.15) is 0 Å². The molecule has 2 aromatic heterocycles. The van der Waals surface area contributed by atoms with Crippen LogP contribution in [0.1, 0.15) is 0 Å². The van der Waals surface area contributed by atoms with E-state index < -0.39 is 0 Å². The van der Waals surface area contributed by atoms with E-state index in [4.69, 9.17) is 11.6 Å². The normalized spacial score (nSPS) is 10.8. The quantitative estimate of drug-likeness (QED) is 0.621. The van der Waals surface area contributed by atoms with Crippen LogP contribution in [0, 0.1) is 0 Å². The van der Waals surface area contributed by atoms with Gasteiger partial charge in [0.05, 0.1) is 5.02 Å². The van der Waals surface area contributed by atoms with Crippen molar-refractivity contribution in [3.8, 4) is 11.3 Å². The van der Waals surface area contributed by atoms with Gasteiger partial charge in [0, 0.05) is 22.2 Å². The highest BCUT2D eigenvalue weighted by Crippen LogP contribution is 2.19. The highest BCUT2D eigenvalue weighted by atomic mass is 79.9. The molecule has 3 aromatic rings. The molecular formula is C14H9BrClN2+. The summed E-state index contributed by atoms with van der Waals surface area (Å²) < 4.78 is 2.97. The molecule has 0 saturated heterocycles. The van der Waals surface area contributed by atoms with Crippen LogP contribution in [0.15, 0.2) is 59.3 Å². The second-order valence-corrected chi connectivity index (χ2v) is 5.28. The van der Waals surface area contributed by atoms with Crippen LogP contribution in [0.5, 0.6) is 0 Å². The maximum absolute atomic E-state index is 5.94. The van der Waals surface area contributed by atoms with Crippen molar-refractivity contribution < 1.29 is 4.40 Å². The minimum Gasteiger partial charge on any atom is -0.202 e. The van der Waals surface area contributed by atoms with Gasteiger partial charge in [-0.3, -0.25) is 0 Å². The Morgan fingerprint density at radius 3 is 2.56 bits per heavy atom. The lowest BCUT2D eigenvalue weighted by Gasteiger charge is -1.97. The summed E-state index contributed by atoms with van der Waals surface area (Å²) in [4.78, 5) is 4.61. The summed E-state index contributed by atoms with van der Waals surface area (Å²) >= 11 is 9.37. The molecule has 0 aliphatic carbocycles. The van der Waals surface area contributed by atoms with Gasteiger partial charge in [-0.25, -0.2) is 4.40 Å². The summed E-state index contributed by atoms with van der Waals surface area (Å²) in [6.07, 6.45) is 3.81. The Labute approximate surface area is 118 Å². The van der Waals surface area contributed by atoms with E-state index in [0.29, 0.717) is 5.02 Å². The maximum atomic E-state index is 5.94. The maximum Gasteiger partial charge on any atom is 0.328 e. The third kappa shape index (κ3) is 2.24. The molecule has 1 aromatic carbocycles. The fraction of sp³-hybridized carbons (Fsp3) is 0. The zero-order valence-electron chi connectivity index (χ0n) is 9.35. The largest absolute Gasteiger partial charge is 0.328 e. The van der Waals surface area contributed by atoms with Crippen LogP contribution in [-0.2, 0) is 0 Å². The molecule has 3 rings (SSSR count). The van der Waals surface area contributed by atoms with Crippen molar-refractivity contribution in [1.29, 1.82) is 0 Å². The van der Waals surface area contributed by atoms with Crippen molar-refractivity contribution in [2.75, 3.05) is 0 Å². The van der Waals surface area contributed by atoms with Crippen molar-refractivity contribution in [1.82, 2.24) is 4.98 Å². The summed E-state index contributed by atoms with van der Waals surface area (Å²) in [5.74, 6) is 0. The Kier molecular flexibility index (Phi) is 3.02. The smallest absolute Gasteiger partial charge is 0.202 e. The van der Waals surface area contributed by atoms with Gasteiger partial charge in [-0.1, -0.05) is 27.5 Å². The molecular weight excluding hydrogens is 312 g/mol. The minimum absolute atomic E-state index is 0.700. The first kappa shape index (κ1) is 11.6. The van der Waals surface area contributed by atoms with Gasteiger partial charge in [0.15, 0.2) is 5.69 Å². The number of rotatable bonds is 1. The lowest BCUT2D eigenvalue weighted by Crippen LogP contribution is -2.21. The second-order valence-electron chi connectivity index (χ2n) is 3.93. The Hall–Kier alpha value is -1.45. The van der Waals surface area contributed by atoms with Gasteiger partial charge in [0.1, 0.15) is 12.4 Å². The van der Waals surface area contributed by atoms with E-state index in [9.17, 15) is 0 Å². The molecule has 0 atom stereocenters. The average molecular weight is 321 g/mol. The van der Waals surface area contributed by atoms with E-state index in [0.717, 1.165) is 21.4 Å². The van der Waals surface area contributed by atoms with Crippen LogP contribution in [0.3, 0.4) is 0 Å². The molecule has 88 valence electrons. The Morgan fingerprint density at radius 1 is 1.00 bits per heavy atom. The number of hydrogen-bond acceptors (Lipinski definition) is 1. The van der Waals surface area contributed by atoms with E-state index in [1.807, 2.05) is 59.3 Å². The third-order valence-electron chi connectivity index (χ3n) is 2.69. The van der Waals surface area contributed by atoms with E-state index in [-0.39, 0.29) is 0 Å². The number of pyridine rings is 1. The average Bonchev–Trinajstić information content (AvgIpc) is 2.39. The molecule has 0 unspecified atom stereocenters. The first-order chi connectivity index (χ1) is 8.72. The molecule has 0 radical (unpaired) electrons.